The molecule has 0 aliphatic carbocycles. The van der Waals surface area contributed by atoms with E-state index in [1.165, 1.54) is 6.92 Å². The second-order valence-electron chi connectivity index (χ2n) is 2.26. The Morgan fingerprint density at radius 2 is 1.71 bits per heavy atom. The third kappa shape index (κ3) is 5.14. The van der Waals surface area contributed by atoms with Crippen LogP contribution in [0.3, 0.4) is 0 Å². The van der Waals surface area contributed by atoms with E-state index in [-0.39, 0.29) is 36.5 Å². The van der Waals surface area contributed by atoms with Gasteiger partial charge in [0.2, 0.25) is 5.78 Å². The molecule has 0 heterocycles. The van der Waals surface area contributed by atoms with Crippen molar-refractivity contribution < 1.29 is 50.8 Å². The van der Waals surface area contributed by atoms with Crippen LogP contribution in [-0.2, 0) is 9.59 Å². The van der Waals surface area contributed by atoms with Crippen LogP contribution in [0.1, 0.15) is 8.35 Å². The molecule has 0 aliphatic heterocycles. The van der Waals surface area contributed by atoms with Gasteiger partial charge in [0.05, 0.1) is 0 Å². The SMILES string of the molecule is CC(=O)C(=O)Oc1ccccc1.O.[H-].[Na+]. The first-order valence-electron chi connectivity index (χ1n) is 3.48. The van der Waals surface area contributed by atoms with Gasteiger partial charge >= 0.3 is 35.5 Å². The number of carbonyl (C=O) groups excluding carboxylic acids is 2. The number of esters is 1. The Hall–Kier alpha value is -0.680. The molecule has 1 rings (SSSR count). The zero-order valence-corrected chi connectivity index (χ0v) is 10.1. The van der Waals surface area contributed by atoms with Crippen LogP contribution in [0, 0.1) is 0 Å². The Morgan fingerprint density at radius 1 is 1.21 bits per heavy atom. The molecular formula is C9H11NaO4. The van der Waals surface area contributed by atoms with Crippen molar-refractivity contribution >= 4 is 11.8 Å². The minimum Gasteiger partial charge on any atom is -1.00 e. The molecular weight excluding hydrogens is 195 g/mol. The molecule has 0 fully saturated rings. The molecule has 0 spiro atoms. The molecule has 0 aliphatic rings. The normalized spacial score (nSPS) is 7.79. The van der Waals surface area contributed by atoms with Crippen molar-refractivity contribution in [1.82, 2.24) is 0 Å². The van der Waals surface area contributed by atoms with E-state index in [4.69, 9.17) is 0 Å². The molecule has 2 N–H and O–H groups in total. The summed E-state index contributed by atoms with van der Waals surface area (Å²) in [4.78, 5) is 21.2. The molecule has 1 aromatic carbocycles. The number of ketones is 1. The van der Waals surface area contributed by atoms with E-state index in [0.29, 0.717) is 5.75 Å². The zero-order valence-electron chi connectivity index (χ0n) is 9.11. The summed E-state index contributed by atoms with van der Waals surface area (Å²) in [6.07, 6.45) is 0. The summed E-state index contributed by atoms with van der Waals surface area (Å²) >= 11 is 0. The molecule has 72 valence electrons. The molecule has 0 amide bonds. The van der Waals surface area contributed by atoms with Gasteiger partial charge < -0.3 is 11.6 Å². The number of rotatable bonds is 2. The van der Waals surface area contributed by atoms with Crippen molar-refractivity contribution in [3.05, 3.63) is 30.3 Å². The number of Topliss-reactive ketones (excluding diaryl/α,β-unsaturated/α-hetero) is 1. The van der Waals surface area contributed by atoms with E-state index in [1.54, 1.807) is 30.3 Å². The Kier molecular flexibility index (Phi) is 8.68. The van der Waals surface area contributed by atoms with E-state index in [1.807, 2.05) is 0 Å². The van der Waals surface area contributed by atoms with Crippen LogP contribution in [0.15, 0.2) is 30.3 Å². The molecule has 0 aromatic heterocycles. The summed E-state index contributed by atoms with van der Waals surface area (Å²) in [6, 6.07) is 8.47. The fourth-order valence-corrected chi connectivity index (χ4v) is 0.667. The summed E-state index contributed by atoms with van der Waals surface area (Å²) in [5.41, 5.74) is 0. The predicted molar refractivity (Wildman–Crippen MR) is 47.5 cm³/mol. The van der Waals surface area contributed by atoms with Gasteiger partial charge in [0.25, 0.3) is 0 Å². The Morgan fingerprint density at radius 3 is 2.14 bits per heavy atom. The van der Waals surface area contributed by atoms with E-state index < -0.39 is 11.8 Å². The van der Waals surface area contributed by atoms with Gasteiger partial charge in [-0.15, -0.1) is 0 Å². The van der Waals surface area contributed by atoms with Crippen molar-refractivity contribution in [2.24, 2.45) is 0 Å². The van der Waals surface area contributed by atoms with Crippen molar-refractivity contribution in [2.75, 3.05) is 0 Å². The van der Waals surface area contributed by atoms with Crippen LogP contribution in [0.4, 0.5) is 0 Å². The maximum Gasteiger partial charge on any atom is 1.00 e. The van der Waals surface area contributed by atoms with Crippen LogP contribution in [0.5, 0.6) is 5.75 Å². The topological polar surface area (TPSA) is 74.9 Å². The summed E-state index contributed by atoms with van der Waals surface area (Å²) in [7, 11) is 0. The Bertz CT molecular complexity index is 302. The molecule has 14 heavy (non-hydrogen) atoms. The minimum absolute atomic E-state index is 0. The smallest absolute Gasteiger partial charge is 1.00 e. The van der Waals surface area contributed by atoms with Crippen LogP contribution < -0.4 is 34.3 Å². The first-order chi connectivity index (χ1) is 5.70. The minimum atomic E-state index is -0.832. The second-order valence-corrected chi connectivity index (χ2v) is 2.26. The monoisotopic (exact) mass is 206 g/mol. The van der Waals surface area contributed by atoms with Crippen LogP contribution in [0.25, 0.3) is 0 Å². The van der Waals surface area contributed by atoms with Gasteiger partial charge in [0.1, 0.15) is 5.75 Å². The molecule has 5 heteroatoms. The number of ether oxygens (including phenoxy) is 1. The predicted octanol–water partition coefficient (Wildman–Crippen LogP) is -2.53. The van der Waals surface area contributed by atoms with Crippen LogP contribution >= 0.6 is 0 Å². The summed E-state index contributed by atoms with van der Waals surface area (Å²) in [5.74, 6) is -1.04. The number of hydrogen-bond donors (Lipinski definition) is 0. The first-order valence-corrected chi connectivity index (χ1v) is 3.48. The van der Waals surface area contributed by atoms with Gasteiger partial charge in [-0.3, -0.25) is 4.79 Å². The number of hydrogen-bond acceptors (Lipinski definition) is 3. The van der Waals surface area contributed by atoms with Gasteiger partial charge in [-0.1, -0.05) is 18.2 Å². The van der Waals surface area contributed by atoms with Gasteiger partial charge in [-0.05, 0) is 12.1 Å². The molecule has 1 aromatic rings. The fraction of sp³-hybridized carbons (Fsp3) is 0.111. The van der Waals surface area contributed by atoms with E-state index in [2.05, 4.69) is 4.74 Å². The average molecular weight is 206 g/mol. The quantitative estimate of drug-likeness (QED) is 0.232. The van der Waals surface area contributed by atoms with Crippen molar-refractivity contribution in [2.45, 2.75) is 6.92 Å². The molecule has 0 unspecified atom stereocenters. The molecule has 0 saturated carbocycles. The molecule has 0 atom stereocenters. The number of para-hydroxylation sites is 1. The third-order valence-electron chi connectivity index (χ3n) is 1.24. The van der Waals surface area contributed by atoms with E-state index in [0.717, 1.165) is 0 Å². The summed E-state index contributed by atoms with van der Waals surface area (Å²) in [6.45, 7) is 1.17. The summed E-state index contributed by atoms with van der Waals surface area (Å²) in [5, 5.41) is 0. The average Bonchev–Trinajstić information content (AvgIpc) is 2.06. The van der Waals surface area contributed by atoms with Gasteiger partial charge in [0, 0.05) is 6.92 Å². The second kappa shape index (κ2) is 7.70. The van der Waals surface area contributed by atoms with E-state index >= 15 is 0 Å². The van der Waals surface area contributed by atoms with Gasteiger partial charge in [0.15, 0.2) is 0 Å². The van der Waals surface area contributed by atoms with Crippen LogP contribution in [0.2, 0.25) is 0 Å². The molecule has 0 saturated heterocycles. The fourth-order valence-electron chi connectivity index (χ4n) is 0.667. The number of benzene rings is 1. The largest absolute Gasteiger partial charge is 1.00 e. The standard InChI is InChI=1S/C9H8O3.Na.H2O.H/c1-7(10)9(11)12-8-5-3-2-4-6-8;;;/h2-6H,1H3;;1H2;/q;+1;;-1. The zero-order chi connectivity index (χ0) is 8.97. The van der Waals surface area contributed by atoms with Crippen LogP contribution in [-0.4, -0.2) is 17.2 Å². The van der Waals surface area contributed by atoms with E-state index in [9.17, 15) is 9.59 Å². The van der Waals surface area contributed by atoms with Crippen molar-refractivity contribution in [3.8, 4) is 5.75 Å². The van der Waals surface area contributed by atoms with Gasteiger partial charge in [-0.25, -0.2) is 4.79 Å². The Balaban J connectivity index is -0.000000480. The summed E-state index contributed by atoms with van der Waals surface area (Å²) < 4.78 is 4.69. The first kappa shape index (κ1) is 15.8. The van der Waals surface area contributed by atoms with Crippen molar-refractivity contribution in [3.63, 3.8) is 0 Å². The van der Waals surface area contributed by atoms with Gasteiger partial charge in [-0.2, -0.15) is 0 Å². The maximum absolute atomic E-state index is 10.7. The van der Waals surface area contributed by atoms with Crippen molar-refractivity contribution in [1.29, 1.82) is 0 Å². The number of carbonyl (C=O) groups is 2. The Labute approximate surface area is 105 Å². The molecule has 0 bridgehead atoms. The third-order valence-corrected chi connectivity index (χ3v) is 1.24. The molecule has 4 nitrogen and oxygen atoms in total. The maximum atomic E-state index is 10.7. The molecule has 0 radical (unpaired) electrons.